The van der Waals surface area contributed by atoms with Crippen LogP contribution in [-0.2, 0) is 4.74 Å². The molecule has 0 aromatic carbocycles. The van der Waals surface area contributed by atoms with Crippen molar-refractivity contribution in [1.29, 1.82) is 0 Å². The van der Waals surface area contributed by atoms with E-state index in [9.17, 15) is 0 Å². The SMILES string of the molecule is CCCNCC1(OCC2CC2)CCC(CC)CC1. The molecule has 1 N–H and O–H groups in total. The van der Waals surface area contributed by atoms with Gasteiger partial charge in [-0.15, -0.1) is 0 Å². The topological polar surface area (TPSA) is 21.3 Å². The Hall–Kier alpha value is -0.0800. The minimum Gasteiger partial charge on any atom is -0.373 e. The minimum absolute atomic E-state index is 0.170. The highest BCUT2D eigenvalue weighted by molar-refractivity contribution is 4.90. The Labute approximate surface area is 113 Å². The van der Waals surface area contributed by atoms with Gasteiger partial charge in [0.05, 0.1) is 12.2 Å². The summed E-state index contributed by atoms with van der Waals surface area (Å²) in [7, 11) is 0. The molecule has 0 atom stereocenters. The maximum absolute atomic E-state index is 6.37. The van der Waals surface area contributed by atoms with Crippen LogP contribution in [0.1, 0.15) is 65.2 Å². The lowest BCUT2D eigenvalue weighted by Gasteiger charge is -2.40. The van der Waals surface area contributed by atoms with Crippen LogP contribution in [0.2, 0.25) is 0 Å². The molecule has 2 fully saturated rings. The molecule has 2 saturated carbocycles. The van der Waals surface area contributed by atoms with E-state index in [4.69, 9.17) is 4.74 Å². The van der Waals surface area contributed by atoms with Crippen LogP contribution < -0.4 is 5.32 Å². The molecule has 0 saturated heterocycles. The third-order valence-electron chi connectivity index (χ3n) is 4.79. The molecule has 0 radical (unpaired) electrons. The molecule has 0 bridgehead atoms. The van der Waals surface area contributed by atoms with E-state index in [0.717, 1.165) is 31.5 Å². The van der Waals surface area contributed by atoms with Gasteiger partial charge in [-0.1, -0.05) is 20.3 Å². The van der Waals surface area contributed by atoms with Crippen LogP contribution in [-0.4, -0.2) is 25.3 Å². The largest absolute Gasteiger partial charge is 0.373 e. The molecule has 2 aliphatic carbocycles. The Kier molecular flexibility index (Phi) is 5.50. The molecule has 2 rings (SSSR count). The Morgan fingerprint density at radius 3 is 2.33 bits per heavy atom. The average Bonchev–Trinajstić information content (AvgIpc) is 3.22. The first-order valence-electron chi connectivity index (χ1n) is 8.12. The van der Waals surface area contributed by atoms with E-state index < -0.39 is 0 Å². The second kappa shape index (κ2) is 6.91. The van der Waals surface area contributed by atoms with E-state index >= 15 is 0 Å². The molecule has 2 aliphatic rings. The van der Waals surface area contributed by atoms with Gasteiger partial charge in [-0.3, -0.25) is 0 Å². The van der Waals surface area contributed by atoms with Crippen LogP contribution in [0.5, 0.6) is 0 Å². The van der Waals surface area contributed by atoms with Gasteiger partial charge in [0.1, 0.15) is 0 Å². The monoisotopic (exact) mass is 253 g/mol. The lowest BCUT2D eigenvalue weighted by Crippen LogP contribution is -2.46. The van der Waals surface area contributed by atoms with Crippen LogP contribution in [0.15, 0.2) is 0 Å². The first-order valence-corrected chi connectivity index (χ1v) is 8.12. The number of hydrogen-bond donors (Lipinski definition) is 1. The van der Waals surface area contributed by atoms with E-state index in [1.165, 1.54) is 51.4 Å². The second-order valence-electron chi connectivity index (χ2n) is 6.47. The zero-order valence-electron chi connectivity index (χ0n) is 12.3. The third kappa shape index (κ3) is 4.24. The van der Waals surface area contributed by atoms with E-state index in [1.807, 2.05) is 0 Å². The van der Waals surface area contributed by atoms with Gasteiger partial charge in [0.15, 0.2) is 0 Å². The fourth-order valence-corrected chi connectivity index (χ4v) is 3.06. The Balaban J connectivity index is 1.80. The second-order valence-corrected chi connectivity index (χ2v) is 6.47. The predicted molar refractivity (Wildman–Crippen MR) is 76.8 cm³/mol. The lowest BCUT2D eigenvalue weighted by molar-refractivity contribution is -0.0805. The van der Waals surface area contributed by atoms with Gasteiger partial charge in [-0.2, -0.15) is 0 Å². The van der Waals surface area contributed by atoms with Gasteiger partial charge in [0.25, 0.3) is 0 Å². The molecule has 106 valence electrons. The number of ether oxygens (including phenoxy) is 1. The summed E-state index contributed by atoms with van der Waals surface area (Å²) in [4.78, 5) is 0. The third-order valence-corrected chi connectivity index (χ3v) is 4.79. The summed E-state index contributed by atoms with van der Waals surface area (Å²) in [5, 5.41) is 3.60. The standard InChI is InChI=1S/C16H31NO/c1-3-11-17-13-16(18-12-15-5-6-15)9-7-14(4-2)8-10-16/h14-15,17H,3-13H2,1-2H3. The molecule has 0 spiro atoms. The highest BCUT2D eigenvalue weighted by Gasteiger charge is 2.37. The van der Waals surface area contributed by atoms with Gasteiger partial charge in [-0.25, -0.2) is 0 Å². The van der Waals surface area contributed by atoms with Crippen molar-refractivity contribution in [2.75, 3.05) is 19.7 Å². The van der Waals surface area contributed by atoms with Crippen LogP contribution in [0.4, 0.5) is 0 Å². The van der Waals surface area contributed by atoms with Crippen LogP contribution in [0.3, 0.4) is 0 Å². The fourth-order valence-electron chi connectivity index (χ4n) is 3.06. The van der Waals surface area contributed by atoms with E-state index in [2.05, 4.69) is 19.2 Å². The molecule has 0 unspecified atom stereocenters. The van der Waals surface area contributed by atoms with Crippen molar-refractivity contribution in [2.45, 2.75) is 70.8 Å². The number of hydrogen-bond acceptors (Lipinski definition) is 2. The van der Waals surface area contributed by atoms with Crippen LogP contribution >= 0.6 is 0 Å². The summed E-state index contributed by atoms with van der Waals surface area (Å²) in [6, 6.07) is 0. The maximum atomic E-state index is 6.37. The summed E-state index contributed by atoms with van der Waals surface area (Å²) in [6.07, 6.45) is 10.7. The predicted octanol–water partition coefficient (Wildman–Crippen LogP) is 3.75. The zero-order chi connectivity index (χ0) is 12.8. The Bertz CT molecular complexity index is 224. The average molecular weight is 253 g/mol. The van der Waals surface area contributed by atoms with Crippen molar-refractivity contribution >= 4 is 0 Å². The van der Waals surface area contributed by atoms with Gasteiger partial charge in [0, 0.05) is 6.54 Å². The summed E-state index contributed by atoms with van der Waals surface area (Å²) < 4.78 is 6.37. The van der Waals surface area contributed by atoms with Crippen molar-refractivity contribution in [3.63, 3.8) is 0 Å². The van der Waals surface area contributed by atoms with Gasteiger partial charge >= 0.3 is 0 Å². The molecular formula is C16H31NO. The Morgan fingerprint density at radius 1 is 1.06 bits per heavy atom. The first kappa shape index (κ1) is 14.3. The van der Waals surface area contributed by atoms with Crippen molar-refractivity contribution in [1.82, 2.24) is 5.32 Å². The Morgan fingerprint density at radius 2 is 1.78 bits per heavy atom. The summed E-state index contributed by atoms with van der Waals surface area (Å²) >= 11 is 0. The van der Waals surface area contributed by atoms with Crippen molar-refractivity contribution < 1.29 is 4.74 Å². The quantitative estimate of drug-likeness (QED) is 0.665. The van der Waals surface area contributed by atoms with Gasteiger partial charge in [0.2, 0.25) is 0 Å². The first-order chi connectivity index (χ1) is 8.78. The van der Waals surface area contributed by atoms with E-state index in [-0.39, 0.29) is 5.60 Å². The van der Waals surface area contributed by atoms with E-state index in [0.29, 0.717) is 0 Å². The minimum atomic E-state index is 0.170. The summed E-state index contributed by atoms with van der Waals surface area (Å²) in [6.45, 7) is 7.79. The van der Waals surface area contributed by atoms with Crippen LogP contribution in [0, 0.1) is 11.8 Å². The van der Waals surface area contributed by atoms with Gasteiger partial charge in [-0.05, 0) is 63.3 Å². The highest BCUT2D eigenvalue weighted by atomic mass is 16.5. The molecule has 0 aromatic heterocycles. The molecule has 2 heteroatoms. The summed E-state index contributed by atoms with van der Waals surface area (Å²) in [5.41, 5.74) is 0.170. The van der Waals surface area contributed by atoms with Crippen LogP contribution in [0.25, 0.3) is 0 Å². The zero-order valence-corrected chi connectivity index (χ0v) is 12.3. The normalized spacial score (nSPS) is 32.7. The molecule has 0 heterocycles. The molecular weight excluding hydrogens is 222 g/mol. The molecule has 0 amide bonds. The van der Waals surface area contributed by atoms with Crippen molar-refractivity contribution in [3.05, 3.63) is 0 Å². The highest BCUT2D eigenvalue weighted by Crippen LogP contribution is 2.38. The molecule has 0 aliphatic heterocycles. The molecule has 18 heavy (non-hydrogen) atoms. The van der Waals surface area contributed by atoms with E-state index in [1.54, 1.807) is 0 Å². The van der Waals surface area contributed by atoms with Gasteiger partial charge < -0.3 is 10.1 Å². The summed E-state index contributed by atoms with van der Waals surface area (Å²) in [5.74, 6) is 1.84. The molecule has 0 aromatic rings. The number of nitrogens with one attached hydrogen (secondary N) is 1. The maximum Gasteiger partial charge on any atom is 0.0806 e. The van der Waals surface area contributed by atoms with Crippen molar-refractivity contribution in [3.8, 4) is 0 Å². The lowest BCUT2D eigenvalue weighted by atomic mass is 9.77. The van der Waals surface area contributed by atoms with Crippen molar-refractivity contribution in [2.24, 2.45) is 11.8 Å². The smallest absolute Gasteiger partial charge is 0.0806 e. The number of rotatable bonds is 8. The fraction of sp³-hybridized carbons (Fsp3) is 1.00. The molecule has 2 nitrogen and oxygen atoms in total.